The molecule has 32 heavy (non-hydrogen) atoms. The molecule has 2 atom stereocenters. The van der Waals surface area contributed by atoms with Crippen LogP contribution in [0.3, 0.4) is 0 Å². The monoisotopic (exact) mass is 433 g/mol. The average Bonchev–Trinajstić information content (AvgIpc) is 2.80. The third-order valence-electron chi connectivity index (χ3n) is 5.16. The molecule has 0 aliphatic carbocycles. The number of pyridine rings is 1. The van der Waals surface area contributed by atoms with Crippen LogP contribution in [0.1, 0.15) is 24.2 Å². The van der Waals surface area contributed by atoms with Gasteiger partial charge in [0.05, 0.1) is 24.9 Å². The lowest BCUT2D eigenvalue weighted by Crippen LogP contribution is -2.45. The first-order valence-electron chi connectivity index (χ1n) is 10.6. The van der Waals surface area contributed by atoms with Gasteiger partial charge >= 0.3 is 0 Å². The number of para-hydroxylation sites is 2. The number of rotatable bonds is 6. The molecule has 2 heterocycles. The largest absolute Gasteiger partial charge is 0.493 e. The van der Waals surface area contributed by atoms with Crippen molar-refractivity contribution in [3.63, 3.8) is 0 Å². The minimum absolute atomic E-state index is 0.151. The highest BCUT2D eigenvalue weighted by molar-refractivity contribution is 6.04. The first-order valence-corrected chi connectivity index (χ1v) is 10.6. The molecule has 0 saturated carbocycles. The third kappa shape index (κ3) is 5.18. The number of ether oxygens (including phenoxy) is 3. The number of aromatic nitrogens is 1. The van der Waals surface area contributed by atoms with E-state index in [2.05, 4.69) is 29.0 Å². The van der Waals surface area contributed by atoms with Gasteiger partial charge in [-0.05, 0) is 62.4 Å². The molecule has 2 unspecified atom stereocenters. The molecule has 3 aromatic rings. The van der Waals surface area contributed by atoms with Crippen molar-refractivity contribution in [3.05, 3.63) is 72.4 Å². The van der Waals surface area contributed by atoms with Crippen LogP contribution < -0.4 is 19.7 Å². The Hall–Kier alpha value is -3.58. The second-order valence-electron chi connectivity index (χ2n) is 7.80. The van der Waals surface area contributed by atoms with Crippen molar-refractivity contribution in [2.75, 3.05) is 30.4 Å². The standard InChI is InChI=1S/C25H27N3O4/c1-17-15-28(16-18(2)31-17)24-13-8-19(14-26-24)25(29)27-20-9-11-21(12-10-20)32-23-7-5-4-6-22(23)30-3/h4-14,17-18H,15-16H2,1-3H3,(H,27,29). The second-order valence-corrected chi connectivity index (χ2v) is 7.80. The SMILES string of the molecule is COc1ccccc1Oc1ccc(NC(=O)c2ccc(N3CC(C)OC(C)C3)nc2)cc1. The number of benzene rings is 2. The molecule has 4 rings (SSSR count). The number of nitrogens with one attached hydrogen (secondary N) is 1. The van der Waals surface area contributed by atoms with Crippen molar-refractivity contribution in [1.82, 2.24) is 4.98 Å². The lowest BCUT2D eigenvalue weighted by atomic mass is 10.2. The zero-order chi connectivity index (χ0) is 22.5. The van der Waals surface area contributed by atoms with Crippen LogP contribution in [0.5, 0.6) is 17.2 Å². The van der Waals surface area contributed by atoms with Crippen LogP contribution in [0.4, 0.5) is 11.5 Å². The summed E-state index contributed by atoms with van der Waals surface area (Å²) in [6, 6.07) is 18.3. The normalized spacial score (nSPS) is 18.2. The summed E-state index contributed by atoms with van der Waals surface area (Å²) in [6.45, 7) is 5.67. The van der Waals surface area contributed by atoms with Gasteiger partial charge in [-0.3, -0.25) is 4.79 Å². The molecule has 2 aromatic carbocycles. The molecule has 7 nitrogen and oxygen atoms in total. The summed E-state index contributed by atoms with van der Waals surface area (Å²) >= 11 is 0. The Morgan fingerprint density at radius 1 is 1.00 bits per heavy atom. The summed E-state index contributed by atoms with van der Waals surface area (Å²) in [5.41, 5.74) is 1.17. The van der Waals surface area contributed by atoms with Crippen LogP contribution in [0.25, 0.3) is 0 Å². The molecule has 166 valence electrons. The minimum atomic E-state index is -0.217. The predicted octanol–water partition coefficient (Wildman–Crippen LogP) is 4.75. The smallest absolute Gasteiger partial charge is 0.257 e. The molecule has 1 saturated heterocycles. The number of methoxy groups -OCH3 is 1. The average molecular weight is 434 g/mol. The molecule has 1 aromatic heterocycles. The Morgan fingerprint density at radius 2 is 1.69 bits per heavy atom. The maximum atomic E-state index is 12.6. The van der Waals surface area contributed by atoms with Gasteiger partial charge in [0.1, 0.15) is 11.6 Å². The fourth-order valence-corrected chi connectivity index (χ4v) is 3.71. The van der Waals surface area contributed by atoms with Crippen molar-refractivity contribution >= 4 is 17.4 Å². The van der Waals surface area contributed by atoms with Crippen LogP contribution >= 0.6 is 0 Å². The lowest BCUT2D eigenvalue weighted by Gasteiger charge is -2.36. The maximum absolute atomic E-state index is 12.6. The highest BCUT2D eigenvalue weighted by Crippen LogP contribution is 2.31. The van der Waals surface area contributed by atoms with Crippen molar-refractivity contribution in [2.45, 2.75) is 26.1 Å². The topological polar surface area (TPSA) is 72.9 Å². The third-order valence-corrected chi connectivity index (χ3v) is 5.16. The molecule has 0 bridgehead atoms. The number of hydrogen-bond acceptors (Lipinski definition) is 6. The van der Waals surface area contributed by atoms with E-state index in [1.165, 1.54) is 0 Å². The Morgan fingerprint density at radius 3 is 2.31 bits per heavy atom. The van der Waals surface area contributed by atoms with Crippen LogP contribution in [0.2, 0.25) is 0 Å². The molecule has 1 aliphatic heterocycles. The maximum Gasteiger partial charge on any atom is 0.257 e. The molecule has 0 spiro atoms. The Kier molecular flexibility index (Phi) is 6.56. The van der Waals surface area contributed by atoms with E-state index in [1.807, 2.05) is 30.3 Å². The molecule has 7 heteroatoms. The van der Waals surface area contributed by atoms with Gasteiger partial charge < -0.3 is 24.4 Å². The molecule has 1 amide bonds. The van der Waals surface area contributed by atoms with Gasteiger partial charge in [-0.15, -0.1) is 0 Å². The highest BCUT2D eigenvalue weighted by Gasteiger charge is 2.23. The van der Waals surface area contributed by atoms with E-state index >= 15 is 0 Å². The van der Waals surface area contributed by atoms with Gasteiger partial charge in [-0.1, -0.05) is 12.1 Å². The lowest BCUT2D eigenvalue weighted by molar-refractivity contribution is -0.00546. The summed E-state index contributed by atoms with van der Waals surface area (Å²) in [4.78, 5) is 19.3. The van der Waals surface area contributed by atoms with Gasteiger partial charge in [0.25, 0.3) is 5.91 Å². The van der Waals surface area contributed by atoms with Gasteiger partial charge in [0.2, 0.25) is 0 Å². The fourth-order valence-electron chi connectivity index (χ4n) is 3.71. The highest BCUT2D eigenvalue weighted by atomic mass is 16.5. The number of amides is 1. The van der Waals surface area contributed by atoms with Crippen LogP contribution in [0.15, 0.2) is 66.9 Å². The van der Waals surface area contributed by atoms with Crippen molar-refractivity contribution in [1.29, 1.82) is 0 Å². The fraction of sp³-hybridized carbons (Fsp3) is 0.280. The molecule has 1 N–H and O–H groups in total. The van der Waals surface area contributed by atoms with Crippen LogP contribution in [-0.2, 0) is 4.74 Å². The number of anilines is 2. The first kappa shape index (κ1) is 21.6. The second kappa shape index (κ2) is 9.70. The predicted molar refractivity (Wildman–Crippen MR) is 124 cm³/mol. The number of morpholine rings is 1. The molecular formula is C25H27N3O4. The Balaban J connectivity index is 1.37. The zero-order valence-electron chi connectivity index (χ0n) is 18.4. The summed E-state index contributed by atoms with van der Waals surface area (Å²) in [6.07, 6.45) is 1.91. The summed E-state index contributed by atoms with van der Waals surface area (Å²) in [7, 11) is 1.60. The summed E-state index contributed by atoms with van der Waals surface area (Å²) in [5.74, 6) is 2.56. The zero-order valence-corrected chi connectivity index (χ0v) is 18.4. The number of carbonyl (C=O) groups excluding carboxylic acids is 1. The Labute approximate surface area is 187 Å². The first-order chi connectivity index (χ1) is 15.5. The van der Waals surface area contributed by atoms with E-state index in [-0.39, 0.29) is 18.1 Å². The van der Waals surface area contributed by atoms with Gasteiger partial charge in [0.15, 0.2) is 11.5 Å². The van der Waals surface area contributed by atoms with Crippen molar-refractivity contribution in [2.24, 2.45) is 0 Å². The van der Waals surface area contributed by atoms with Crippen molar-refractivity contribution in [3.8, 4) is 17.2 Å². The number of nitrogens with zero attached hydrogens (tertiary/aromatic N) is 2. The van der Waals surface area contributed by atoms with E-state index in [0.29, 0.717) is 28.5 Å². The quantitative estimate of drug-likeness (QED) is 0.605. The number of hydrogen-bond donors (Lipinski definition) is 1. The molecular weight excluding hydrogens is 406 g/mol. The van der Waals surface area contributed by atoms with Crippen LogP contribution in [-0.4, -0.2) is 43.3 Å². The summed E-state index contributed by atoms with van der Waals surface area (Å²) in [5, 5.41) is 2.89. The molecule has 1 aliphatic rings. The van der Waals surface area contributed by atoms with Gasteiger partial charge in [-0.2, -0.15) is 0 Å². The van der Waals surface area contributed by atoms with E-state index in [1.54, 1.807) is 43.6 Å². The van der Waals surface area contributed by atoms with E-state index in [4.69, 9.17) is 14.2 Å². The van der Waals surface area contributed by atoms with Gasteiger partial charge in [-0.25, -0.2) is 4.98 Å². The van der Waals surface area contributed by atoms with E-state index in [0.717, 1.165) is 18.9 Å². The number of carbonyl (C=O) groups is 1. The molecule has 0 radical (unpaired) electrons. The van der Waals surface area contributed by atoms with E-state index < -0.39 is 0 Å². The summed E-state index contributed by atoms with van der Waals surface area (Å²) < 4.78 is 16.9. The van der Waals surface area contributed by atoms with Gasteiger partial charge in [0, 0.05) is 25.0 Å². The minimum Gasteiger partial charge on any atom is -0.493 e. The molecule has 1 fully saturated rings. The van der Waals surface area contributed by atoms with E-state index in [9.17, 15) is 4.79 Å². The van der Waals surface area contributed by atoms with Crippen molar-refractivity contribution < 1.29 is 19.0 Å². The van der Waals surface area contributed by atoms with Crippen LogP contribution in [0, 0.1) is 0 Å². The Bertz CT molecular complexity index is 1040.